The average Bonchev–Trinajstić information content (AvgIpc) is 3.52. The number of hydrogen-bond donors (Lipinski definition) is 0. The second-order valence-electron chi connectivity index (χ2n) is 9.17. The Balaban J connectivity index is 1.26. The summed E-state index contributed by atoms with van der Waals surface area (Å²) >= 11 is 0. The van der Waals surface area contributed by atoms with E-state index in [1.165, 1.54) is 22.9 Å². The van der Waals surface area contributed by atoms with Gasteiger partial charge < -0.3 is 23.8 Å². The summed E-state index contributed by atoms with van der Waals surface area (Å²) in [6.45, 7) is -0.368. The number of amides is 1. The minimum absolute atomic E-state index is 0.0894. The van der Waals surface area contributed by atoms with E-state index in [0.717, 1.165) is 6.20 Å². The molecule has 3 heterocycles. The van der Waals surface area contributed by atoms with Crippen LogP contribution in [0, 0.1) is 0 Å². The third-order valence-electron chi connectivity index (χ3n) is 6.68. The standard InChI is InChI=1S/C24H28F5N3O5/c1-34-19-4-2-16(3-5-19)13-35-15-20(24(27,28)29)37-22(33)31-8-6-23(7-9-31)10-18(14-36-23)32-12-17(11-30-32)21(25)26/h2-5,11-12,18,20-21H,6-10,13-15H2,1H3/t18?,20-/m1/s1. The number of carbonyl (C=O) groups excluding carboxylic acids is 1. The smallest absolute Gasteiger partial charge is 0.427 e. The second-order valence-corrected chi connectivity index (χ2v) is 9.17. The molecule has 8 nitrogen and oxygen atoms in total. The Hall–Kier alpha value is -2.93. The molecule has 4 rings (SSSR count). The molecule has 37 heavy (non-hydrogen) atoms. The molecule has 1 unspecified atom stereocenters. The first-order valence-corrected chi connectivity index (χ1v) is 11.8. The molecule has 1 aromatic heterocycles. The number of piperidine rings is 1. The van der Waals surface area contributed by atoms with Gasteiger partial charge >= 0.3 is 12.3 Å². The van der Waals surface area contributed by atoms with Gasteiger partial charge in [0.25, 0.3) is 6.43 Å². The maximum atomic E-state index is 13.5. The first-order chi connectivity index (χ1) is 17.6. The summed E-state index contributed by atoms with van der Waals surface area (Å²) in [5.41, 5.74) is -0.126. The van der Waals surface area contributed by atoms with Crippen molar-refractivity contribution in [1.82, 2.24) is 14.7 Å². The van der Waals surface area contributed by atoms with Crippen LogP contribution in [0.5, 0.6) is 5.75 Å². The number of hydrogen-bond acceptors (Lipinski definition) is 6. The highest BCUT2D eigenvalue weighted by molar-refractivity contribution is 5.68. The molecule has 2 fully saturated rings. The highest BCUT2D eigenvalue weighted by atomic mass is 19.4. The maximum Gasteiger partial charge on any atom is 0.427 e. The fraction of sp³-hybridized carbons (Fsp3) is 0.583. The SMILES string of the molecule is COc1ccc(COC[C@@H](OC(=O)N2CCC3(CC2)CC(n2cc(C(F)F)cn2)CO3)C(F)(F)F)cc1. The molecule has 0 aliphatic carbocycles. The fourth-order valence-electron chi connectivity index (χ4n) is 4.50. The van der Waals surface area contributed by atoms with Gasteiger partial charge in [-0.25, -0.2) is 13.6 Å². The summed E-state index contributed by atoms with van der Waals surface area (Å²) in [5.74, 6) is 0.606. The molecule has 0 saturated carbocycles. The number of likely N-dealkylation sites (tertiary alicyclic amines) is 1. The Morgan fingerprint density at radius 2 is 1.92 bits per heavy atom. The van der Waals surface area contributed by atoms with Crippen molar-refractivity contribution in [3.63, 3.8) is 0 Å². The van der Waals surface area contributed by atoms with Crippen LogP contribution in [0.15, 0.2) is 36.7 Å². The zero-order valence-corrected chi connectivity index (χ0v) is 20.1. The van der Waals surface area contributed by atoms with Gasteiger partial charge in [-0.3, -0.25) is 4.68 Å². The minimum atomic E-state index is -4.80. The van der Waals surface area contributed by atoms with Gasteiger partial charge in [-0.2, -0.15) is 18.3 Å². The molecule has 204 valence electrons. The lowest BCUT2D eigenvalue weighted by atomic mass is 9.87. The zero-order chi connectivity index (χ0) is 26.6. The van der Waals surface area contributed by atoms with E-state index in [1.807, 2.05) is 0 Å². The van der Waals surface area contributed by atoms with Crippen LogP contribution in [0.25, 0.3) is 0 Å². The van der Waals surface area contributed by atoms with E-state index >= 15 is 0 Å². The summed E-state index contributed by atoms with van der Waals surface area (Å²) in [7, 11) is 1.50. The molecule has 2 aromatic rings. The third kappa shape index (κ3) is 6.69. The Morgan fingerprint density at radius 1 is 1.22 bits per heavy atom. The third-order valence-corrected chi connectivity index (χ3v) is 6.68. The van der Waals surface area contributed by atoms with Crippen molar-refractivity contribution in [2.75, 3.05) is 33.4 Å². The van der Waals surface area contributed by atoms with Crippen molar-refractivity contribution in [2.45, 2.75) is 56.2 Å². The Labute approximate surface area is 210 Å². The lowest BCUT2D eigenvalue weighted by Gasteiger charge is -2.38. The molecule has 13 heteroatoms. The molecule has 1 amide bonds. The highest BCUT2D eigenvalue weighted by Crippen LogP contribution is 2.41. The first kappa shape index (κ1) is 27.1. The zero-order valence-electron chi connectivity index (χ0n) is 20.1. The van der Waals surface area contributed by atoms with Gasteiger partial charge in [0.15, 0.2) is 0 Å². The van der Waals surface area contributed by atoms with Crippen molar-refractivity contribution in [1.29, 1.82) is 0 Å². The molecule has 1 aromatic carbocycles. The van der Waals surface area contributed by atoms with Gasteiger partial charge in [-0.15, -0.1) is 0 Å². The Bertz CT molecular complexity index is 1040. The quantitative estimate of drug-likeness (QED) is 0.449. The number of ether oxygens (including phenoxy) is 4. The van der Waals surface area contributed by atoms with E-state index in [2.05, 4.69) is 5.10 Å². The van der Waals surface area contributed by atoms with Crippen LogP contribution in [-0.2, 0) is 20.8 Å². The van der Waals surface area contributed by atoms with E-state index in [1.54, 1.807) is 24.3 Å². The predicted octanol–water partition coefficient (Wildman–Crippen LogP) is 4.91. The Morgan fingerprint density at radius 3 is 2.51 bits per heavy atom. The molecule has 2 aliphatic heterocycles. The largest absolute Gasteiger partial charge is 0.497 e. The fourth-order valence-corrected chi connectivity index (χ4v) is 4.50. The average molecular weight is 533 g/mol. The second kappa shape index (κ2) is 11.2. The van der Waals surface area contributed by atoms with Gasteiger partial charge in [-0.05, 0) is 30.5 Å². The maximum absolute atomic E-state index is 13.5. The summed E-state index contributed by atoms with van der Waals surface area (Å²) < 4.78 is 88.6. The molecule has 0 radical (unpaired) electrons. The summed E-state index contributed by atoms with van der Waals surface area (Å²) in [4.78, 5) is 13.7. The van der Waals surface area contributed by atoms with Crippen molar-refractivity contribution in [3.05, 3.63) is 47.8 Å². The van der Waals surface area contributed by atoms with Crippen LogP contribution in [-0.4, -0.2) is 72.1 Å². The van der Waals surface area contributed by atoms with Gasteiger partial charge in [0, 0.05) is 25.7 Å². The van der Waals surface area contributed by atoms with Gasteiger partial charge in [0.1, 0.15) is 5.75 Å². The van der Waals surface area contributed by atoms with E-state index in [9.17, 15) is 26.7 Å². The van der Waals surface area contributed by atoms with Crippen LogP contribution in [0.2, 0.25) is 0 Å². The number of rotatable bonds is 8. The van der Waals surface area contributed by atoms with Crippen LogP contribution < -0.4 is 4.74 Å². The van der Waals surface area contributed by atoms with E-state index in [4.69, 9.17) is 18.9 Å². The molecule has 2 aliphatic rings. The van der Waals surface area contributed by atoms with Crippen LogP contribution in [0.1, 0.15) is 42.9 Å². The Kier molecular flexibility index (Phi) is 8.22. The molecular weight excluding hydrogens is 505 g/mol. The van der Waals surface area contributed by atoms with E-state index < -0.39 is 37.0 Å². The van der Waals surface area contributed by atoms with Gasteiger partial charge in [0.05, 0.1) is 50.3 Å². The number of nitrogens with zero attached hydrogens (tertiary/aromatic N) is 3. The van der Waals surface area contributed by atoms with Crippen molar-refractivity contribution in [3.8, 4) is 5.75 Å². The number of aromatic nitrogens is 2. The van der Waals surface area contributed by atoms with E-state index in [0.29, 0.717) is 30.6 Å². The van der Waals surface area contributed by atoms with E-state index in [-0.39, 0.29) is 37.9 Å². The number of benzene rings is 1. The van der Waals surface area contributed by atoms with Crippen molar-refractivity contribution < 1.29 is 45.7 Å². The van der Waals surface area contributed by atoms with Crippen LogP contribution in [0.4, 0.5) is 26.7 Å². The summed E-state index contributed by atoms with van der Waals surface area (Å²) in [6.07, 6.45) is -7.23. The van der Waals surface area contributed by atoms with Crippen LogP contribution >= 0.6 is 0 Å². The van der Waals surface area contributed by atoms with Crippen molar-refractivity contribution >= 4 is 6.09 Å². The monoisotopic (exact) mass is 533 g/mol. The summed E-state index contributed by atoms with van der Waals surface area (Å²) in [6, 6.07) is 6.42. The number of carbonyl (C=O) groups is 1. The normalized spacial score (nSPS) is 20.4. The molecular formula is C24H28F5N3O5. The predicted molar refractivity (Wildman–Crippen MR) is 119 cm³/mol. The van der Waals surface area contributed by atoms with Gasteiger partial charge in [-0.1, -0.05) is 12.1 Å². The first-order valence-electron chi connectivity index (χ1n) is 11.8. The highest BCUT2D eigenvalue weighted by Gasteiger charge is 2.47. The minimum Gasteiger partial charge on any atom is -0.497 e. The number of methoxy groups -OCH3 is 1. The number of alkyl halides is 5. The molecule has 1 spiro atoms. The van der Waals surface area contributed by atoms with Gasteiger partial charge in [0.2, 0.25) is 6.10 Å². The lowest BCUT2D eigenvalue weighted by molar-refractivity contribution is -0.220. The summed E-state index contributed by atoms with van der Waals surface area (Å²) in [5, 5.41) is 4.00. The van der Waals surface area contributed by atoms with Crippen LogP contribution in [0.3, 0.4) is 0 Å². The number of halogens is 5. The molecule has 0 bridgehead atoms. The molecule has 2 atom stereocenters. The molecule has 0 N–H and O–H groups in total. The topological polar surface area (TPSA) is 75.1 Å². The van der Waals surface area contributed by atoms with Crippen molar-refractivity contribution in [2.24, 2.45) is 0 Å². The lowest BCUT2D eigenvalue weighted by Crippen LogP contribution is -2.49. The molecule has 2 saturated heterocycles.